The Morgan fingerprint density at radius 3 is 2.90 bits per heavy atom. The molecule has 0 heterocycles. The zero-order valence-electron chi connectivity index (χ0n) is 17.4. The molecule has 0 aliphatic heterocycles. The van der Waals surface area contributed by atoms with Gasteiger partial charge in [-0.05, 0) is 67.1 Å². The molecule has 3 unspecified atom stereocenters. The summed E-state index contributed by atoms with van der Waals surface area (Å²) in [5.41, 5.74) is 4.56. The van der Waals surface area contributed by atoms with Gasteiger partial charge in [0.15, 0.2) is 0 Å². The molecule has 0 saturated heterocycles. The van der Waals surface area contributed by atoms with Crippen LogP contribution in [0.3, 0.4) is 0 Å². The second kappa shape index (κ2) is 8.89. The Labute approximate surface area is 171 Å². The Balaban J connectivity index is 1.49. The Morgan fingerprint density at radius 2 is 2.14 bits per heavy atom. The van der Waals surface area contributed by atoms with Crippen molar-refractivity contribution < 1.29 is 14.0 Å². The molecule has 0 bridgehead atoms. The van der Waals surface area contributed by atoms with Crippen molar-refractivity contribution >= 4 is 18.0 Å². The minimum Gasteiger partial charge on any atom is -0.343 e. The molecule has 5 nitrogen and oxygen atoms in total. The molecule has 1 aromatic rings. The normalized spacial score (nSPS) is 25.8. The highest BCUT2D eigenvalue weighted by Crippen LogP contribution is 2.50. The van der Waals surface area contributed by atoms with E-state index in [4.69, 9.17) is 0 Å². The second-order valence-electron chi connectivity index (χ2n) is 8.95. The first-order chi connectivity index (χ1) is 13.8. The van der Waals surface area contributed by atoms with Crippen LogP contribution < -0.4 is 10.7 Å². The van der Waals surface area contributed by atoms with Crippen molar-refractivity contribution in [3.8, 4) is 0 Å². The first-order valence-electron chi connectivity index (χ1n) is 10.3. The minimum atomic E-state index is -0.497. The van der Waals surface area contributed by atoms with E-state index >= 15 is 0 Å². The van der Waals surface area contributed by atoms with Crippen molar-refractivity contribution in [1.29, 1.82) is 0 Å². The molecule has 156 valence electrons. The average molecular weight is 400 g/mol. The van der Waals surface area contributed by atoms with Crippen molar-refractivity contribution in [2.75, 3.05) is 6.54 Å². The third-order valence-electron chi connectivity index (χ3n) is 6.33. The van der Waals surface area contributed by atoms with Gasteiger partial charge >= 0.3 is 0 Å². The average Bonchev–Trinajstić information content (AvgIpc) is 2.66. The number of rotatable bonds is 5. The summed E-state index contributed by atoms with van der Waals surface area (Å²) in [7, 11) is 0. The number of halogens is 1. The molecule has 0 aromatic heterocycles. The van der Waals surface area contributed by atoms with E-state index in [0.717, 1.165) is 18.9 Å². The monoisotopic (exact) mass is 399 g/mol. The number of hydrogen-bond donors (Lipinski definition) is 2. The van der Waals surface area contributed by atoms with Crippen LogP contribution in [0.2, 0.25) is 0 Å². The lowest BCUT2D eigenvalue weighted by Gasteiger charge is -2.46. The molecule has 0 spiro atoms. The maximum Gasteiger partial charge on any atom is 0.259 e. The molecular formula is C23H30FN3O2. The van der Waals surface area contributed by atoms with E-state index in [1.165, 1.54) is 31.0 Å². The molecule has 1 saturated carbocycles. The van der Waals surface area contributed by atoms with Crippen LogP contribution in [0.1, 0.15) is 56.8 Å². The largest absolute Gasteiger partial charge is 0.343 e. The summed E-state index contributed by atoms with van der Waals surface area (Å²) in [4.78, 5) is 23.9. The van der Waals surface area contributed by atoms with Gasteiger partial charge in [0.05, 0.1) is 6.54 Å². The summed E-state index contributed by atoms with van der Waals surface area (Å²) < 4.78 is 13.2. The predicted octanol–water partition coefficient (Wildman–Crippen LogP) is 4.07. The number of allylic oxidation sites excluding steroid dienone is 2. The SMILES string of the molecule is CC1CC2=CCCC(C)(C)C2CC1/C=N/NC(=O)CNC(=O)c1cccc(F)c1. The van der Waals surface area contributed by atoms with Gasteiger partial charge in [0.1, 0.15) is 5.82 Å². The number of carbonyl (C=O) groups excluding carboxylic acids is 2. The molecule has 6 heteroatoms. The summed E-state index contributed by atoms with van der Waals surface area (Å²) in [5, 5.41) is 6.61. The molecule has 3 atom stereocenters. The van der Waals surface area contributed by atoms with Crippen molar-refractivity contribution in [3.05, 3.63) is 47.3 Å². The van der Waals surface area contributed by atoms with E-state index in [2.05, 4.69) is 42.7 Å². The van der Waals surface area contributed by atoms with Crippen molar-refractivity contribution in [2.45, 2.75) is 46.5 Å². The van der Waals surface area contributed by atoms with Crippen LogP contribution in [0.4, 0.5) is 4.39 Å². The Kier molecular flexibility index (Phi) is 6.50. The number of amides is 2. The predicted molar refractivity (Wildman–Crippen MR) is 112 cm³/mol. The van der Waals surface area contributed by atoms with Gasteiger partial charge in [0.2, 0.25) is 0 Å². The van der Waals surface area contributed by atoms with Crippen LogP contribution in [0, 0.1) is 29.0 Å². The van der Waals surface area contributed by atoms with E-state index in [9.17, 15) is 14.0 Å². The van der Waals surface area contributed by atoms with Gasteiger partial charge < -0.3 is 5.32 Å². The zero-order valence-corrected chi connectivity index (χ0v) is 17.4. The summed E-state index contributed by atoms with van der Waals surface area (Å²) in [6.45, 7) is 6.71. The quantitative estimate of drug-likeness (QED) is 0.445. The molecular weight excluding hydrogens is 369 g/mol. The summed E-state index contributed by atoms with van der Waals surface area (Å²) in [6.07, 6.45) is 8.78. The number of nitrogens with zero attached hydrogens (tertiary/aromatic N) is 1. The Bertz CT molecular complexity index is 831. The molecule has 1 fully saturated rings. The highest BCUT2D eigenvalue weighted by molar-refractivity contribution is 5.96. The van der Waals surface area contributed by atoms with Gasteiger partial charge in [-0.2, -0.15) is 5.10 Å². The van der Waals surface area contributed by atoms with Crippen LogP contribution >= 0.6 is 0 Å². The summed E-state index contributed by atoms with van der Waals surface area (Å²) in [6, 6.07) is 5.34. The first-order valence-corrected chi connectivity index (χ1v) is 10.3. The first kappa shape index (κ1) is 21.2. The number of hydrazone groups is 1. The smallest absolute Gasteiger partial charge is 0.259 e. The summed E-state index contributed by atoms with van der Waals surface area (Å²) >= 11 is 0. The van der Waals surface area contributed by atoms with Crippen LogP contribution in [-0.4, -0.2) is 24.6 Å². The third kappa shape index (κ3) is 5.31. The van der Waals surface area contributed by atoms with E-state index in [1.54, 1.807) is 5.57 Å². The van der Waals surface area contributed by atoms with Crippen molar-refractivity contribution in [1.82, 2.24) is 10.7 Å². The lowest BCUT2D eigenvalue weighted by atomic mass is 9.59. The lowest BCUT2D eigenvalue weighted by molar-refractivity contribution is -0.120. The fourth-order valence-electron chi connectivity index (χ4n) is 4.52. The molecule has 1 aromatic carbocycles. The number of benzene rings is 1. The zero-order chi connectivity index (χ0) is 21.0. The Hall–Kier alpha value is -2.50. The number of fused-ring (bicyclic) bond motifs is 1. The number of hydrogen-bond acceptors (Lipinski definition) is 3. The maximum atomic E-state index is 13.2. The van der Waals surface area contributed by atoms with E-state index in [0.29, 0.717) is 23.2 Å². The van der Waals surface area contributed by atoms with E-state index < -0.39 is 17.6 Å². The molecule has 3 rings (SSSR count). The standard InChI is InChI=1S/C23H30FN3O2/c1-15-10-16-7-5-9-23(2,3)20(16)12-18(15)13-26-27-21(28)14-25-22(29)17-6-4-8-19(24)11-17/h4,6-8,11,13,15,18,20H,5,9-10,12,14H2,1-3H3,(H,25,29)(H,27,28)/b26-13+. The van der Waals surface area contributed by atoms with Crippen LogP contribution in [0.15, 0.2) is 41.0 Å². The molecule has 0 radical (unpaired) electrons. The van der Waals surface area contributed by atoms with Crippen LogP contribution in [0.5, 0.6) is 0 Å². The maximum absolute atomic E-state index is 13.2. The van der Waals surface area contributed by atoms with Crippen molar-refractivity contribution in [2.24, 2.45) is 28.3 Å². The molecule has 2 aliphatic rings. The van der Waals surface area contributed by atoms with Gasteiger partial charge in [0, 0.05) is 11.8 Å². The van der Waals surface area contributed by atoms with Gasteiger partial charge in [-0.3, -0.25) is 9.59 Å². The fourth-order valence-corrected chi connectivity index (χ4v) is 4.52. The minimum absolute atomic E-state index is 0.177. The number of carbonyl (C=O) groups is 2. The highest BCUT2D eigenvalue weighted by Gasteiger charge is 2.40. The van der Waals surface area contributed by atoms with Gasteiger partial charge in [-0.25, -0.2) is 9.82 Å². The number of nitrogens with one attached hydrogen (secondary N) is 2. The topological polar surface area (TPSA) is 70.6 Å². The molecule has 2 N–H and O–H groups in total. The van der Waals surface area contributed by atoms with Gasteiger partial charge in [-0.15, -0.1) is 0 Å². The van der Waals surface area contributed by atoms with Crippen LogP contribution in [-0.2, 0) is 4.79 Å². The highest BCUT2D eigenvalue weighted by atomic mass is 19.1. The lowest BCUT2D eigenvalue weighted by Crippen LogP contribution is -2.37. The van der Waals surface area contributed by atoms with E-state index in [1.807, 2.05) is 6.21 Å². The van der Waals surface area contributed by atoms with Crippen LogP contribution in [0.25, 0.3) is 0 Å². The molecule has 2 amide bonds. The Morgan fingerprint density at radius 1 is 1.34 bits per heavy atom. The second-order valence-corrected chi connectivity index (χ2v) is 8.95. The van der Waals surface area contributed by atoms with Crippen molar-refractivity contribution in [3.63, 3.8) is 0 Å². The fraction of sp³-hybridized carbons (Fsp3) is 0.522. The third-order valence-corrected chi connectivity index (χ3v) is 6.33. The van der Waals surface area contributed by atoms with E-state index in [-0.39, 0.29) is 12.1 Å². The van der Waals surface area contributed by atoms with Gasteiger partial charge in [0.25, 0.3) is 11.8 Å². The molecule has 29 heavy (non-hydrogen) atoms. The van der Waals surface area contributed by atoms with Gasteiger partial charge in [-0.1, -0.05) is 38.5 Å². The summed E-state index contributed by atoms with van der Waals surface area (Å²) in [5.74, 6) is -0.0227. The molecule has 2 aliphatic carbocycles.